The van der Waals surface area contributed by atoms with Gasteiger partial charge >= 0.3 is 12.3 Å². The third-order valence-electron chi connectivity index (χ3n) is 2.42. The van der Waals surface area contributed by atoms with E-state index in [0.29, 0.717) is 6.33 Å². The van der Waals surface area contributed by atoms with Crippen LogP contribution in [0.15, 0.2) is 17.2 Å². The first-order valence-corrected chi connectivity index (χ1v) is 6.79. The number of amides is 1. The molecule has 128 valence electrons. The molecule has 0 unspecified atom stereocenters. The minimum Gasteiger partial charge on any atom is -0.444 e. The normalized spacial score (nSPS) is 12.4. The van der Waals surface area contributed by atoms with Gasteiger partial charge in [0.1, 0.15) is 5.60 Å². The lowest BCUT2D eigenvalue weighted by Crippen LogP contribution is -2.32. The van der Waals surface area contributed by atoms with Crippen LogP contribution in [0.5, 0.6) is 0 Å². The molecule has 1 aromatic heterocycles. The molecule has 0 radical (unpaired) electrons. The van der Waals surface area contributed by atoms with Crippen molar-refractivity contribution in [1.82, 2.24) is 15.3 Å². The van der Waals surface area contributed by atoms with Crippen LogP contribution in [-0.2, 0) is 10.9 Å². The molecule has 0 bridgehead atoms. The molecule has 0 aliphatic carbocycles. The van der Waals surface area contributed by atoms with Crippen molar-refractivity contribution in [1.29, 1.82) is 0 Å². The van der Waals surface area contributed by atoms with E-state index in [-0.39, 0.29) is 13.0 Å². The van der Waals surface area contributed by atoms with E-state index >= 15 is 0 Å². The van der Waals surface area contributed by atoms with Crippen molar-refractivity contribution in [3.63, 3.8) is 0 Å². The Morgan fingerprint density at radius 3 is 2.61 bits per heavy atom. The van der Waals surface area contributed by atoms with Crippen molar-refractivity contribution in [2.75, 3.05) is 6.54 Å². The highest BCUT2D eigenvalue weighted by Crippen LogP contribution is 2.29. The van der Waals surface area contributed by atoms with Crippen LogP contribution in [0.25, 0.3) is 6.08 Å². The maximum atomic E-state index is 12.7. The van der Waals surface area contributed by atoms with Gasteiger partial charge in [0.05, 0.1) is 11.9 Å². The second kappa shape index (κ2) is 7.30. The first-order chi connectivity index (χ1) is 10.5. The predicted molar refractivity (Wildman–Crippen MR) is 77.7 cm³/mol. The van der Waals surface area contributed by atoms with Crippen molar-refractivity contribution in [3.05, 3.63) is 34.0 Å². The van der Waals surface area contributed by atoms with Crippen LogP contribution in [-0.4, -0.2) is 28.2 Å². The minimum atomic E-state index is -4.72. The van der Waals surface area contributed by atoms with Crippen LogP contribution in [0.1, 0.15) is 38.4 Å². The number of aromatic nitrogens is 2. The molecule has 6 nitrogen and oxygen atoms in total. The Morgan fingerprint density at radius 2 is 2.04 bits per heavy atom. The summed E-state index contributed by atoms with van der Waals surface area (Å²) in [4.78, 5) is 28.1. The molecule has 1 rings (SSSR count). The number of hydrogen-bond donors (Lipinski definition) is 2. The number of nitrogens with one attached hydrogen (secondary N) is 2. The maximum absolute atomic E-state index is 12.7. The number of carbonyl (C=O) groups excluding carboxylic acids is 1. The van der Waals surface area contributed by atoms with Crippen LogP contribution in [0, 0.1) is 0 Å². The fourth-order valence-electron chi connectivity index (χ4n) is 1.56. The van der Waals surface area contributed by atoms with Gasteiger partial charge in [-0.25, -0.2) is 9.78 Å². The molecular formula is C14H18F3N3O3. The predicted octanol–water partition coefficient (Wildman–Crippen LogP) is 2.72. The highest BCUT2D eigenvalue weighted by molar-refractivity contribution is 5.67. The van der Waals surface area contributed by atoms with E-state index in [0.717, 1.165) is 6.08 Å². The number of rotatable bonds is 4. The van der Waals surface area contributed by atoms with Gasteiger partial charge in [-0.05, 0) is 27.2 Å². The van der Waals surface area contributed by atoms with Crippen molar-refractivity contribution >= 4 is 12.2 Å². The van der Waals surface area contributed by atoms with Gasteiger partial charge in [-0.15, -0.1) is 0 Å². The summed E-state index contributed by atoms with van der Waals surface area (Å²) in [5.74, 6) is 0. The lowest BCUT2D eigenvalue weighted by molar-refractivity contribution is -0.141. The quantitative estimate of drug-likeness (QED) is 0.830. The molecule has 0 saturated carbocycles. The minimum absolute atomic E-state index is 0.158. The zero-order valence-electron chi connectivity index (χ0n) is 13.0. The molecule has 2 N–H and O–H groups in total. The second-order valence-corrected chi connectivity index (χ2v) is 5.61. The van der Waals surface area contributed by atoms with Crippen LogP contribution in [0.4, 0.5) is 18.0 Å². The second-order valence-electron chi connectivity index (χ2n) is 5.61. The molecule has 0 aromatic carbocycles. The molecule has 23 heavy (non-hydrogen) atoms. The van der Waals surface area contributed by atoms with E-state index in [9.17, 15) is 22.8 Å². The van der Waals surface area contributed by atoms with E-state index < -0.39 is 34.7 Å². The first-order valence-electron chi connectivity index (χ1n) is 6.79. The van der Waals surface area contributed by atoms with Crippen LogP contribution in [0.3, 0.4) is 0 Å². The van der Waals surface area contributed by atoms with Crippen molar-refractivity contribution in [3.8, 4) is 0 Å². The summed E-state index contributed by atoms with van der Waals surface area (Å²) in [5.41, 5.74) is -3.34. The molecule has 1 amide bonds. The largest absolute Gasteiger partial charge is 0.444 e. The van der Waals surface area contributed by atoms with E-state index in [4.69, 9.17) is 4.74 Å². The van der Waals surface area contributed by atoms with Crippen molar-refractivity contribution < 1.29 is 22.7 Å². The summed E-state index contributed by atoms with van der Waals surface area (Å²) in [5, 5.41) is 2.45. The summed E-state index contributed by atoms with van der Waals surface area (Å²) in [6.07, 6.45) is -2.04. The number of hydrogen-bond acceptors (Lipinski definition) is 4. The summed E-state index contributed by atoms with van der Waals surface area (Å²) in [6, 6.07) is 0. The summed E-state index contributed by atoms with van der Waals surface area (Å²) >= 11 is 0. The number of alkyl carbamates (subject to hydrolysis) is 1. The summed E-state index contributed by atoms with van der Waals surface area (Å²) in [7, 11) is 0. The van der Waals surface area contributed by atoms with E-state index in [1.165, 1.54) is 6.08 Å². The van der Waals surface area contributed by atoms with E-state index in [2.05, 4.69) is 15.3 Å². The van der Waals surface area contributed by atoms with E-state index in [1.54, 1.807) is 20.8 Å². The van der Waals surface area contributed by atoms with Gasteiger partial charge in [-0.1, -0.05) is 12.2 Å². The highest BCUT2D eigenvalue weighted by atomic mass is 19.4. The average molecular weight is 333 g/mol. The van der Waals surface area contributed by atoms with E-state index in [1.807, 2.05) is 0 Å². The number of ether oxygens (including phenoxy) is 1. The van der Waals surface area contributed by atoms with Crippen LogP contribution < -0.4 is 10.9 Å². The lowest BCUT2D eigenvalue weighted by atomic mass is 10.2. The molecule has 0 spiro atoms. The monoisotopic (exact) mass is 333 g/mol. The Labute approximate surface area is 130 Å². The molecule has 0 aliphatic rings. The number of H-pyrrole nitrogens is 1. The molecule has 9 heteroatoms. The molecule has 0 fully saturated rings. The Bertz CT molecular complexity index is 631. The number of halogens is 3. The molecular weight excluding hydrogens is 315 g/mol. The average Bonchev–Trinajstić information content (AvgIpc) is 2.36. The molecule has 0 saturated heterocycles. The maximum Gasteiger partial charge on any atom is 0.434 e. The summed E-state index contributed by atoms with van der Waals surface area (Å²) in [6.45, 7) is 5.28. The van der Waals surface area contributed by atoms with Crippen molar-refractivity contribution in [2.24, 2.45) is 0 Å². The number of carbonyl (C=O) groups is 1. The van der Waals surface area contributed by atoms with Crippen molar-refractivity contribution in [2.45, 2.75) is 39.0 Å². The third kappa shape index (κ3) is 6.54. The third-order valence-corrected chi connectivity index (χ3v) is 2.42. The zero-order chi connectivity index (χ0) is 17.7. The number of alkyl halides is 3. The van der Waals surface area contributed by atoms with Gasteiger partial charge in [0.15, 0.2) is 5.69 Å². The fourth-order valence-corrected chi connectivity index (χ4v) is 1.56. The van der Waals surface area contributed by atoms with Gasteiger partial charge in [0.25, 0.3) is 5.56 Å². The molecule has 1 heterocycles. The standard InChI is InChI=1S/C14H18F3N3O3/c1-13(2,3)23-12(22)18-7-5-4-6-9-10(14(15,16)17)19-8-20-11(9)21/h4,6,8H,5,7H2,1-3H3,(H,18,22)(H,19,20,21). The Morgan fingerprint density at radius 1 is 1.39 bits per heavy atom. The first kappa shape index (κ1) is 18.7. The smallest absolute Gasteiger partial charge is 0.434 e. The summed E-state index contributed by atoms with van der Waals surface area (Å²) < 4.78 is 43.2. The SMILES string of the molecule is CC(C)(C)OC(=O)NCCC=Cc1c(C(F)(F)F)nc[nH]c1=O. The van der Waals surface area contributed by atoms with Crippen LogP contribution in [0.2, 0.25) is 0 Å². The molecule has 0 aliphatic heterocycles. The Kier molecular flexibility index (Phi) is 5.94. The Balaban J connectivity index is 2.63. The van der Waals surface area contributed by atoms with Gasteiger partial charge in [0, 0.05) is 6.54 Å². The highest BCUT2D eigenvalue weighted by Gasteiger charge is 2.35. The molecule has 0 atom stereocenters. The molecule has 1 aromatic rings. The topological polar surface area (TPSA) is 84.1 Å². The van der Waals surface area contributed by atoms with Gasteiger partial charge in [-0.3, -0.25) is 4.79 Å². The van der Waals surface area contributed by atoms with Gasteiger partial charge in [-0.2, -0.15) is 13.2 Å². The number of nitrogens with zero attached hydrogens (tertiary/aromatic N) is 1. The zero-order valence-corrected chi connectivity index (χ0v) is 13.0. The van der Waals surface area contributed by atoms with Gasteiger partial charge < -0.3 is 15.0 Å². The number of aromatic amines is 1. The Hall–Kier alpha value is -2.32. The fraction of sp³-hybridized carbons (Fsp3) is 0.500. The van der Waals surface area contributed by atoms with Crippen LogP contribution >= 0.6 is 0 Å². The van der Waals surface area contributed by atoms with Gasteiger partial charge in [0.2, 0.25) is 0 Å². The lowest BCUT2D eigenvalue weighted by Gasteiger charge is -2.19.